The van der Waals surface area contributed by atoms with Crippen LogP contribution in [0.3, 0.4) is 0 Å². The van der Waals surface area contributed by atoms with Gasteiger partial charge in [-0.05, 0) is 85.9 Å². The Morgan fingerprint density at radius 1 is 0.974 bits per heavy atom. The first-order valence-electron chi connectivity index (χ1n) is 12.2. The number of halogens is 1. The number of piperazine rings is 1. The van der Waals surface area contributed by atoms with E-state index in [2.05, 4.69) is 15.5 Å². The molecule has 8 nitrogen and oxygen atoms in total. The van der Waals surface area contributed by atoms with Gasteiger partial charge in [0.25, 0.3) is 11.8 Å². The minimum atomic E-state index is -0.301. The third kappa shape index (κ3) is 6.73. The molecule has 3 aromatic carbocycles. The van der Waals surface area contributed by atoms with E-state index in [-0.39, 0.29) is 16.9 Å². The summed E-state index contributed by atoms with van der Waals surface area (Å²) >= 11 is 11.4. The molecule has 1 saturated heterocycles. The Hall–Kier alpha value is -3.82. The fourth-order valence-corrected chi connectivity index (χ4v) is 4.53. The van der Waals surface area contributed by atoms with Crippen molar-refractivity contribution < 1.29 is 19.1 Å². The summed E-state index contributed by atoms with van der Waals surface area (Å²) in [6.07, 6.45) is 0. The van der Waals surface area contributed by atoms with Gasteiger partial charge in [0.1, 0.15) is 11.5 Å². The van der Waals surface area contributed by atoms with Crippen LogP contribution in [0.25, 0.3) is 0 Å². The molecule has 0 spiro atoms. The molecule has 2 amide bonds. The Morgan fingerprint density at radius 3 is 2.29 bits per heavy atom. The van der Waals surface area contributed by atoms with Crippen LogP contribution < -0.4 is 25.0 Å². The fraction of sp³-hybridized carbons (Fsp3) is 0.250. The van der Waals surface area contributed by atoms with Crippen molar-refractivity contribution in [1.82, 2.24) is 10.2 Å². The summed E-state index contributed by atoms with van der Waals surface area (Å²) in [5.74, 6) is 0.826. The number of anilines is 2. The smallest absolute Gasteiger partial charge is 0.257 e. The molecule has 1 aliphatic rings. The van der Waals surface area contributed by atoms with Gasteiger partial charge in [-0.1, -0.05) is 11.6 Å². The van der Waals surface area contributed by atoms with Crippen molar-refractivity contribution in [2.75, 3.05) is 50.1 Å². The van der Waals surface area contributed by atoms with Gasteiger partial charge in [0.15, 0.2) is 5.11 Å². The predicted octanol–water partition coefficient (Wildman–Crippen LogP) is 4.84. The lowest BCUT2D eigenvalue weighted by Gasteiger charge is -2.36. The standard InChI is InChI=1S/C28H29ClN4O4S/c1-3-37-23-11-4-19(5-12-23)26(34)31-28(38)30-21-7-9-22(10-8-21)32-14-16-33(17-15-32)27(35)24-18-20(29)6-13-25(24)36-2/h4-13,18H,3,14-17H2,1-2H3,(H2,30,31,34,38). The van der Waals surface area contributed by atoms with Crippen molar-refractivity contribution in [1.29, 1.82) is 0 Å². The highest BCUT2D eigenvalue weighted by atomic mass is 35.5. The maximum Gasteiger partial charge on any atom is 0.257 e. The van der Waals surface area contributed by atoms with Crippen molar-refractivity contribution in [3.63, 3.8) is 0 Å². The Labute approximate surface area is 232 Å². The second kappa shape index (κ2) is 12.6. The number of rotatable bonds is 7. The summed E-state index contributed by atoms with van der Waals surface area (Å²) in [5.41, 5.74) is 2.74. The van der Waals surface area contributed by atoms with Gasteiger partial charge in [0, 0.05) is 48.1 Å². The minimum Gasteiger partial charge on any atom is -0.496 e. The Morgan fingerprint density at radius 2 is 1.66 bits per heavy atom. The van der Waals surface area contributed by atoms with Gasteiger partial charge >= 0.3 is 0 Å². The van der Waals surface area contributed by atoms with Crippen LogP contribution in [-0.2, 0) is 0 Å². The molecule has 0 unspecified atom stereocenters. The van der Waals surface area contributed by atoms with Crippen molar-refractivity contribution in [3.8, 4) is 11.5 Å². The van der Waals surface area contributed by atoms with Crippen LogP contribution in [0.5, 0.6) is 11.5 Å². The van der Waals surface area contributed by atoms with Gasteiger partial charge in [-0.2, -0.15) is 0 Å². The van der Waals surface area contributed by atoms with Crippen LogP contribution >= 0.6 is 23.8 Å². The average Bonchev–Trinajstić information content (AvgIpc) is 2.93. The monoisotopic (exact) mass is 552 g/mol. The molecule has 1 fully saturated rings. The van der Waals surface area contributed by atoms with E-state index in [9.17, 15) is 9.59 Å². The van der Waals surface area contributed by atoms with Crippen molar-refractivity contribution in [2.45, 2.75) is 6.92 Å². The molecule has 0 atom stereocenters. The zero-order chi connectivity index (χ0) is 27.1. The topological polar surface area (TPSA) is 83.1 Å². The summed E-state index contributed by atoms with van der Waals surface area (Å²) in [6, 6.07) is 19.7. The molecule has 0 aromatic heterocycles. The number of ether oxygens (including phenoxy) is 2. The summed E-state index contributed by atoms with van der Waals surface area (Å²) < 4.78 is 10.7. The molecule has 2 N–H and O–H groups in total. The first kappa shape index (κ1) is 27.2. The molecular formula is C28H29ClN4O4S. The fourth-order valence-electron chi connectivity index (χ4n) is 4.15. The third-order valence-corrected chi connectivity index (χ3v) is 6.54. The molecule has 3 aromatic rings. The van der Waals surface area contributed by atoms with Gasteiger partial charge in [0.05, 0.1) is 19.3 Å². The second-order valence-electron chi connectivity index (χ2n) is 8.54. The highest BCUT2D eigenvalue weighted by Gasteiger charge is 2.24. The molecule has 0 bridgehead atoms. The molecule has 0 radical (unpaired) electrons. The molecule has 198 valence electrons. The lowest BCUT2D eigenvalue weighted by atomic mass is 10.1. The average molecular weight is 553 g/mol. The molecule has 0 aliphatic carbocycles. The highest BCUT2D eigenvalue weighted by Crippen LogP contribution is 2.26. The van der Waals surface area contributed by atoms with Crippen LogP contribution in [0.15, 0.2) is 66.7 Å². The van der Waals surface area contributed by atoms with Crippen LogP contribution in [0.4, 0.5) is 11.4 Å². The summed E-state index contributed by atoms with van der Waals surface area (Å²) in [5, 5.41) is 6.44. The van der Waals surface area contributed by atoms with Gasteiger partial charge in [0.2, 0.25) is 0 Å². The van der Waals surface area contributed by atoms with Crippen molar-refractivity contribution in [2.24, 2.45) is 0 Å². The first-order valence-corrected chi connectivity index (χ1v) is 13.0. The zero-order valence-electron chi connectivity index (χ0n) is 21.2. The quantitative estimate of drug-likeness (QED) is 0.406. The summed E-state index contributed by atoms with van der Waals surface area (Å²) in [7, 11) is 1.54. The third-order valence-electron chi connectivity index (χ3n) is 6.10. The number of thiocarbonyl (C=S) groups is 1. The normalized spacial score (nSPS) is 13.0. The van der Waals surface area contributed by atoms with E-state index in [4.69, 9.17) is 33.3 Å². The predicted molar refractivity (Wildman–Crippen MR) is 154 cm³/mol. The van der Waals surface area contributed by atoms with E-state index in [1.54, 1.807) is 49.6 Å². The summed E-state index contributed by atoms with van der Waals surface area (Å²) in [6.45, 7) is 5.01. The Balaban J connectivity index is 1.28. The van der Waals surface area contributed by atoms with Crippen molar-refractivity contribution in [3.05, 3.63) is 82.9 Å². The second-order valence-corrected chi connectivity index (χ2v) is 9.38. The number of nitrogens with one attached hydrogen (secondary N) is 2. The molecule has 0 saturated carbocycles. The van der Waals surface area contributed by atoms with Crippen LogP contribution in [-0.4, -0.2) is 61.7 Å². The van der Waals surface area contributed by atoms with Crippen LogP contribution in [0.1, 0.15) is 27.6 Å². The van der Waals surface area contributed by atoms with Gasteiger partial charge < -0.3 is 24.6 Å². The van der Waals surface area contributed by atoms with Gasteiger partial charge in [-0.25, -0.2) is 0 Å². The Bertz CT molecular complexity index is 1290. The molecule has 1 aliphatic heterocycles. The van der Waals surface area contributed by atoms with E-state index in [1.165, 1.54) is 0 Å². The molecular weight excluding hydrogens is 524 g/mol. The number of benzene rings is 3. The Kier molecular flexibility index (Phi) is 9.04. The van der Waals surface area contributed by atoms with Crippen LogP contribution in [0.2, 0.25) is 5.02 Å². The molecule has 38 heavy (non-hydrogen) atoms. The van der Waals surface area contributed by atoms with E-state index in [0.29, 0.717) is 60.4 Å². The van der Waals surface area contributed by atoms with E-state index >= 15 is 0 Å². The van der Waals surface area contributed by atoms with Gasteiger partial charge in [-0.15, -0.1) is 0 Å². The molecule has 4 rings (SSSR count). The van der Waals surface area contributed by atoms with E-state index in [0.717, 1.165) is 11.4 Å². The lowest BCUT2D eigenvalue weighted by molar-refractivity contribution is 0.0743. The lowest BCUT2D eigenvalue weighted by Crippen LogP contribution is -2.48. The SMILES string of the molecule is CCOc1ccc(C(=O)NC(=S)Nc2ccc(N3CCN(C(=O)c4cc(Cl)ccc4OC)CC3)cc2)cc1. The number of carbonyl (C=O) groups excluding carboxylic acids is 2. The molecule has 1 heterocycles. The number of hydrogen-bond donors (Lipinski definition) is 2. The van der Waals surface area contributed by atoms with E-state index < -0.39 is 0 Å². The minimum absolute atomic E-state index is 0.0932. The first-order chi connectivity index (χ1) is 18.4. The number of carbonyl (C=O) groups is 2. The largest absolute Gasteiger partial charge is 0.496 e. The number of nitrogens with zero attached hydrogens (tertiary/aromatic N) is 2. The number of hydrogen-bond acceptors (Lipinski definition) is 6. The zero-order valence-corrected chi connectivity index (χ0v) is 22.8. The van der Waals surface area contributed by atoms with Gasteiger partial charge in [-0.3, -0.25) is 14.9 Å². The molecule has 10 heteroatoms. The van der Waals surface area contributed by atoms with Crippen molar-refractivity contribution >= 4 is 52.1 Å². The van der Waals surface area contributed by atoms with E-state index in [1.807, 2.05) is 36.1 Å². The van der Waals surface area contributed by atoms with Crippen LogP contribution in [0, 0.1) is 0 Å². The maximum absolute atomic E-state index is 13.0. The maximum atomic E-state index is 13.0. The summed E-state index contributed by atoms with van der Waals surface area (Å²) in [4.78, 5) is 29.5. The number of amides is 2. The highest BCUT2D eigenvalue weighted by molar-refractivity contribution is 7.80. The number of methoxy groups -OCH3 is 1.